The average Bonchev–Trinajstić information content (AvgIpc) is 3.23. The smallest absolute Gasteiger partial charge is 0.351 e. The molecule has 2 unspecified atom stereocenters. The first kappa shape index (κ1) is 28.6. The van der Waals surface area contributed by atoms with Crippen LogP contribution in [0.15, 0.2) is 17.1 Å². The van der Waals surface area contributed by atoms with Gasteiger partial charge in [-0.1, -0.05) is 6.92 Å². The van der Waals surface area contributed by atoms with Crippen LogP contribution in [0, 0.1) is 0 Å². The standard InChI is InChI=1S/C11H16N4O5.C3H6O2.2CH4O/c12-5-10(16)19-6-7-1-2-9(20-7)15-4-3-8(14-18)13-11(15)17;1-2-3(4)5;2*1-2/h3-4,7,9,18H,1-2,5-6,12H2,(H,13,14,17);2H2,1H3,(H,4,5);2*2H,1H3. The monoisotopic (exact) mass is 422 g/mol. The van der Waals surface area contributed by atoms with Gasteiger partial charge in [-0.2, -0.15) is 4.98 Å². The molecule has 7 N–H and O–H groups in total. The maximum atomic E-state index is 11.7. The van der Waals surface area contributed by atoms with Crippen LogP contribution in [-0.4, -0.2) is 75.5 Å². The molecule has 0 amide bonds. The highest BCUT2D eigenvalue weighted by molar-refractivity contribution is 5.71. The Morgan fingerprint density at radius 2 is 1.93 bits per heavy atom. The average molecular weight is 422 g/mol. The number of rotatable bonds is 6. The fourth-order valence-electron chi connectivity index (χ4n) is 1.95. The van der Waals surface area contributed by atoms with Crippen molar-refractivity contribution in [2.75, 3.05) is 32.9 Å². The van der Waals surface area contributed by atoms with Gasteiger partial charge in [0.2, 0.25) is 0 Å². The summed E-state index contributed by atoms with van der Waals surface area (Å²) in [6, 6.07) is 1.45. The number of carboxylic acids is 1. The molecule has 1 aromatic heterocycles. The first-order valence-corrected chi connectivity index (χ1v) is 8.52. The van der Waals surface area contributed by atoms with Crippen LogP contribution in [0.3, 0.4) is 0 Å². The Balaban J connectivity index is 0. The molecule has 1 aliphatic rings. The quantitative estimate of drug-likeness (QED) is 0.239. The number of carboxylic acid groups (broad SMARTS) is 1. The van der Waals surface area contributed by atoms with E-state index in [0.29, 0.717) is 12.8 Å². The lowest BCUT2D eigenvalue weighted by Crippen LogP contribution is -2.28. The van der Waals surface area contributed by atoms with E-state index in [1.165, 1.54) is 16.8 Å². The predicted octanol–water partition coefficient (Wildman–Crippen LogP) is -1.08. The highest BCUT2D eigenvalue weighted by atomic mass is 16.6. The molecule has 0 radical (unpaired) electrons. The van der Waals surface area contributed by atoms with Crippen molar-refractivity contribution in [3.8, 4) is 0 Å². The van der Waals surface area contributed by atoms with Crippen LogP contribution in [0.4, 0.5) is 5.82 Å². The summed E-state index contributed by atoms with van der Waals surface area (Å²) in [6.45, 7) is 1.54. The van der Waals surface area contributed by atoms with Gasteiger partial charge in [0.25, 0.3) is 0 Å². The summed E-state index contributed by atoms with van der Waals surface area (Å²) in [5.41, 5.74) is 6.39. The summed E-state index contributed by atoms with van der Waals surface area (Å²) in [7, 11) is 2.00. The van der Waals surface area contributed by atoms with Gasteiger partial charge in [0.15, 0.2) is 5.82 Å². The SMILES string of the molecule is CCC(=O)O.CO.CO.NCC(=O)OCC1CCC(n2ccc(NO)nc2=O)O1. The molecule has 168 valence electrons. The van der Waals surface area contributed by atoms with Crippen molar-refractivity contribution < 1.29 is 39.6 Å². The first-order valence-electron chi connectivity index (χ1n) is 8.52. The molecule has 2 rings (SSSR count). The number of aromatic nitrogens is 2. The summed E-state index contributed by atoms with van der Waals surface area (Å²) >= 11 is 0. The highest BCUT2D eigenvalue weighted by Gasteiger charge is 2.28. The Kier molecular flexibility index (Phi) is 17.3. The van der Waals surface area contributed by atoms with Gasteiger partial charge in [-0.3, -0.25) is 24.8 Å². The summed E-state index contributed by atoms with van der Waals surface area (Å²) in [6.07, 6.45) is 2.25. The van der Waals surface area contributed by atoms with Crippen LogP contribution in [0.25, 0.3) is 0 Å². The molecule has 13 heteroatoms. The fraction of sp³-hybridized carbons (Fsp3) is 0.625. The summed E-state index contributed by atoms with van der Waals surface area (Å²) in [5, 5.41) is 30.4. The second kappa shape index (κ2) is 17.5. The summed E-state index contributed by atoms with van der Waals surface area (Å²) < 4.78 is 11.8. The number of carbonyl (C=O) groups excluding carboxylic acids is 1. The third-order valence-corrected chi connectivity index (χ3v) is 3.24. The Labute approximate surface area is 167 Å². The van der Waals surface area contributed by atoms with Crippen molar-refractivity contribution in [2.24, 2.45) is 5.73 Å². The van der Waals surface area contributed by atoms with Crippen LogP contribution in [-0.2, 0) is 19.1 Å². The molecule has 1 aliphatic heterocycles. The number of esters is 1. The minimum atomic E-state index is -0.745. The normalized spacial score (nSPS) is 16.7. The maximum Gasteiger partial charge on any atom is 0.351 e. The van der Waals surface area contributed by atoms with Gasteiger partial charge in [0, 0.05) is 26.8 Å². The molecule has 0 aromatic carbocycles. The zero-order valence-corrected chi connectivity index (χ0v) is 16.6. The van der Waals surface area contributed by atoms with Crippen LogP contribution in [0.1, 0.15) is 32.4 Å². The molecule has 2 atom stereocenters. The van der Waals surface area contributed by atoms with Crippen molar-refractivity contribution in [3.63, 3.8) is 0 Å². The highest BCUT2D eigenvalue weighted by Crippen LogP contribution is 2.27. The van der Waals surface area contributed by atoms with Gasteiger partial charge in [-0.05, 0) is 18.9 Å². The van der Waals surface area contributed by atoms with E-state index < -0.39 is 23.9 Å². The van der Waals surface area contributed by atoms with Crippen molar-refractivity contribution in [1.29, 1.82) is 0 Å². The Hall–Kier alpha value is -2.58. The van der Waals surface area contributed by atoms with Crippen molar-refractivity contribution in [2.45, 2.75) is 38.5 Å². The number of nitrogens with zero attached hydrogens (tertiary/aromatic N) is 2. The molecule has 0 saturated carbocycles. The van der Waals surface area contributed by atoms with Crippen LogP contribution in [0.2, 0.25) is 0 Å². The Morgan fingerprint density at radius 3 is 2.38 bits per heavy atom. The maximum absolute atomic E-state index is 11.7. The number of carbonyl (C=O) groups is 2. The van der Waals surface area contributed by atoms with Gasteiger partial charge in [0.1, 0.15) is 12.8 Å². The van der Waals surface area contributed by atoms with E-state index in [-0.39, 0.29) is 31.5 Å². The first-order chi connectivity index (χ1) is 13.9. The molecule has 2 heterocycles. The summed E-state index contributed by atoms with van der Waals surface area (Å²) in [4.78, 5) is 35.7. The van der Waals surface area contributed by atoms with Crippen molar-refractivity contribution >= 4 is 17.8 Å². The topological polar surface area (TPSA) is 206 Å². The lowest BCUT2D eigenvalue weighted by atomic mass is 10.2. The van der Waals surface area contributed by atoms with E-state index in [1.807, 2.05) is 0 Å². The second-order valence-corrected chi connectivity index (χ2v) is 5.04. The number of nitrogens with one attached hydrogen (secondary N) is 1. The minimum Gasteiger partial charge on any atom is -0.481 e. The van der Waals surface area contributed by atoms with Crippen LogP contribution >= 0.6 is 0 Å². The van der Waals surface area contributed by atoms with E-state index in [9.17, 15) is 14.4 Å². The molecule has 0 aliphatic carbocycles. The van der Waals surface area contributed by atoms with E-state index in [2.05, 4.69) is 4.98 Å². The zero-order chi connectivity index (χ0) is 22.8. The minimum absolute atomic E-state index is 0.0673. The zero-order valence-electron chi connectivity index (χ0n) is 16.6. The van der Waals surface area contributed by atoms with Gasteiger partial charge >= 0.3 is 17.6 Å². The molecule has 0 bridgehead atoms. The van der Waals surface area contributed by atoms with E-state index in [0.717, 1.165) is 14.2 Å². The molecule has 1 saturated heterocycles. The third-order valence-electron chi connectivity index (χ3n) is 3.24. The van der Waals surface area contributed by atoms with Crippen LogP contribution in [0.5, 0.6) is 0 Å². The molecule has 13 nitrogen and oxygen atoms in total. The van der Waals surface area contributed by atoms with Crippen LogP contribution < -0.4 is 16.9 Å². The van der Waals surface area contributed by atoms with E-state index >= 15 is 0 Å². The second-order valence-electron chi connectivity index (χ2n) is 5.04. The number of ether oxygens (including phenoxy) is 2. The van der Waals surface area contributed by atoms with E-state index in [4.69, 9.17) is 35.7 Å². The van der Waals surface area contributed by atoms with Crippen molar-refractivity contribution in [1.82, 2.24) is 9.55 Å². The number of anilines is 1. The Morgan fingerprint density at radius 1 is 1.34 bits per heavy atom. The van der Waals surface area contributed by atoms with Gasteiger partial charge in [0.05, 0.1) is 12.6 Å². The third kappa shape index (κ3) is 11.8. The number of hydrogen-bond acceptors (Lipinski definition) is 11. The molecular formula is C16H30N4O9. The Bertz CT molecular complexity index is 639. The lowest BCUT2D eigenvalue weighted by molar-refractivity contribution is -0.146. The van der Waals surface area contributed by atoms with E-state index in [1.54, 1.807) is 12.4 Å². The molecule has 29 heavy (non-hydrogen) atoms. The lowest BCUT2D eigenvalue weighted by Gasteiger charge is -2.15. The van der Waals surface area contributed by atoms with Gasteiger partial charge in [-0.15, -0.1) is 0 Å². The summed E-state index contributed by atoms with van der Waals surface area (Å²) in [5.74, 6) is -1.17. The number of hydrogen-bond donors (Lipinski definition) is 6. The number of aliphatic hydroxyl groups excluding tert-OH is 2. The number of aliphatic carboxylic acids is 1. The molecule has 0 spiro atoms. The number of aliphatic hydroxyl groups is 2. The molecule has 1 aromatic rings. The largest absolute Gasteiger partial charge is 0.481 e. The van der Waals surface area contributed by atoms with Gasteiger partial charge < -0.3 is 30.5 Å². The number of nitrogens with two attached hydrogens (primary N) is 1. The fourth-order valence-corrected chi connectivity index (χ4v) is 1.95. The van der Waals surface area contributed by atoms with Gasteiger partial charge in [-0.25, -0.2) is 4.79 Å². The molecular weight excluding hydrogens is 392 g/mol. The predicted molar refractivity (Wildman–Crippen MR) is 101 cm³/mol. The molecule has 1 fully saturated rings. The van der Waals surface area contributed by atoms with Crippen molar-refractivity contribution in [3.05, 3.63) is 22.7 Å².